The fourth-order valence-corrected chi connectivity index (χ4v) is 2.11. The van der Waals surface area contributed by atoms with Gasteiger partial charge in [-0.05, 0) is 37.0 Å². The molecule has 3 nitrogen and oxygen atoms in total. The van der Waals surface area contributed by atoms with Gasteiger partial charge in [-0.1, -0.05) is 22.6 Å². The first kappa shape index (κ1) is 12.2. The smallest absolute Gasteiger partial charge is 0.251 e. The topological polar surface area (TPSA) is 38.3 Å². The third kappa shape index (κ3) is 3.38. The van der Waals surface area contributed by atoms with Gasteiger partial charge in [0.1, 0.15) is 5.60 Å². The molecule has 82 valence electrons. The Morgan fingerprint density at radius 3 is 2.93 bits per heavy atom. The van der Waals surface area contributed by atoms with Gasteiger partial charge in [-0.3, -0.25) is 4.79 Å². The number of unbranched alkanes of at least 4 members (excludes halogenated alkanes) is 1. The Morgan fingerprint density at radius 2 is 2.36 bits per heavy atom. The second-order valence-electron chi connectivity index (χ2n) is 3.83. The largest absolute Gasteiger partial charge is 0.365 e. The van der Waals surface area contributed by atoms with Gasteiger partial charge in [0.2, 0.25) is 0 Å². The molecule has 1 unspecified atom stereocenters. The van der Waals surface area contributed by atoms with Crippen molar-refractivity contribution in [2.75, 3.05) is 17.6 Å². The first-order valence-electron chi connectivity index (χ1n) is 5.17. The summed E-state index contributed by atoms with van der Waals surface area (Å²) in [5.74, 6) is 0.0588. The molecule has 1 saturated heterocycles. The maximum absolute atomic E-state index is 11.7. The maximum Gasteiger partial charge on any atom is 0.251 e. The van der Waals surface area contributed by atoms with E-state index >= 15 is 0 Å². The van der Waals surface area contributed by atoms with E-state index in [2.05, 4.69) is 27.9 Å². The molecule has 1 atom stereocenters. The lowest BCUT2D eigenvalue weighted by molar-refractivity contribution is -0.139. The minimum atomic E-state index is -0.551. The summed E-state index contributed by atoms with van der Waals surface area (Å²) < 4.78 is 6.60. The number of halogens is 1. The van der Waals surface area contributed by atoms with Crippen LogP contribution in [-0.2, 0) is 9.53 Å². The van der Waals surface area contributed by atoms with E-state index in [0.29, 0.717) is 0 Å². The average molecular weight is 311 g/mol. The summed E-state index contributed by atoms with van der Waals surface area (Å²) in [6.07, 6.45) is 4.08. The molecule has 0 radical (unpaired) electrons. The monoisotopic (exact) mass is 311 g/mol. The highest BCUT2D eigenvalue weighted by atomic mass is 127. The van der Waals surface area contributed by atoms with Crippen molar-refractivity contribution in [3.63, 3.8) is 0 Å². The van der Waals surface area contributed by atoms with Crippen molar-refractivity contribution in [1.29, 1.82) is 0 Å². The summed E-state index contributed by atoms with van der Waals surface area (Å²) in [4.78, 5) is 11.7. The summed E-state index contributed by atoms with van der Waals surface area (Å²) in [6, 6.07) is 0. The van der Waals surface area contributed by atoms with Crippen LogP contribution in [0.25, 0.3) is 0 Å². The first-order valence-corrected chi connectivity index (χ1v) is 6.70. The lowest BCUT2D eigenvalue weighted by Gasteiger charge is -2.21. The van der Waals surface area contributed by atoms with Crippen LogP contribution in [0.2, 0.25) is 0 Å². The fourth-order valence-electron chi connectivity index (χ4n) is 1.57. The molecule has 1 aliphatic heterocycles. The minimum absolute atomic E-state index is 0.0588. The molecule has 0 saturated carbocycles. The van der Waals surface area contributed by atoms with Crippen LogP contribution in [0.15, 0.2) is 0 Å². The van der Waals surface area contributed by atoms with E-state index in [1.54, 1.807) is 0 Å². The van der Waals surface area contributed by atoms with E-state index in [-0.39, 0.29) is 5.91 Å². The van der Waals surface area contributed by atoms with Crippen LogP contribution in [0.4, 0.5) is 0 Å². The number of rotatable bonds is 5. The van der Waals surface area contributed by atoms with Crippen LogP contribution in [-0.4, -0.2) is 29.1 Å². The predicted molar refractivity (Wildman–Crippen MR) is 64.7 cm³/mol. The van der Waals surface area contributed by atoms with Gasteiger partial charge in [-0.25, -0.2) is 0 Å². The number of hydrogen-bond donors (Lipinski definition) is 1. The lowest BCUT2D eigenvalue weighted by Crippen LogP contribution is -2.44. The van der Waals surface area contributed by atoms with Crippen LogP contribution in [0.1, 0.15) is 32.6 Å². The second-order valence-corrected chi connectivity index (χ2v) is 4.91. The molecule has 1 heterocycles. The third-order valence-corrected chi connectivity index (χ3v) is 3.31. The van der Waals surface area contributed by atoms with Crippen LogP contribution in [0, 0.1) is 0 Å². The number of amides is 1. The van der Waals surface area contributed by atoms with Gasteiger partial charge in [-0.15, -0.1) is 0 Å². The summed E-state index contributed by atoms with van der Waals surface area (Å²) in [7, 11) is 0. The number of alkyl halides is 1. The van der Waals surface area contributed by atoms with E-state index in [1.807, 2.05) is 6.92 Å². The molecule has 0 spiro atoms. The van der Waals surface area contributed by atoms with Gasteiger partial charge in [0.05, 0.1) is 0 Å². The summed E-state index contributed by atoms with van der Waals surface area (Å²) in [6.45, 7) is 3.38. The van der Waals surface area contributed by atoms with Gasteiger partial charge >= 0.3 is 0 Å². The zero-order valence-electron chi connectivity index (χ0n) is 8.64. The van der Waals surface area contributed by atoms with Crippen molar-refractivity contribution in [1.82, 2.24) is 5.32 Å². The highest BCUT2D eigenvalue weighted by Gasteiger charge is 2.37. The summed E-state index contributed by atoms with van der Waals surface area (Å²) >= 11 is 2.35. The van der Waals surface area contributed by atoms with Gasteiger partial charge in [0.25, 0.3) is 5.91 Å². The molecule has 1 amide bonds. The second kappa shape index (κ2) is 5.90. The van der Waals surface area contributed by atoms with E-state index in [9.17, 15) is 4.79 Å². The Bertz CT molecular complexity index is 191. The molecule has 1 aliphatic rings. The number of ether oxygens (including phenoxy) is 1. The van der Waals surface area contributed by atoms with Crippen LogP contribution in [0.5, 0.6) is 0 Å². The fraction of sp³-hybridized carbons (Fsp3) is 0.900. The molecule has 1 N–H and O–H groups in total. The molecule has 0 aromatic heterocycles. The van der Waals surface area contributed by atoms with Crippen molar-refractivity contribution in [3.8, 4) is 0 Å². The average Bonchev–Trinajstić information content (AvgIpc) is 2.61. The first-order chi connectivity index (χ1) is 6.69. The molecule has 0 aromatic carbocycles. The molecular weight excluding hydrogens is 293 g/mol. The van der Waals surface area contributed by atoms with Crippen LogP contribution in [0.3, 0.4) is 0 Å². The van der Waals surface area contributed by atoms with Gasteiger partial charge in [0.15, 0.2) is 0 Å². The van der Waals surface area contributed by atoms with Gasteiger partial charge in [0, 0.05) is 13.2 Å². The van der Waals surface area contributed by atoms with Crippen LogP contribution >= 0.6 is 22.6 Å². The van der Waals surface area contributed by atoms with Crippen LogP contribution < -0.4 is 5.32 Å². The Morgan fingerprint density at radius 1 is 1.57 bits per heavy atom. The minimum Gasteiger partial charge on any atom is -0.365 e. The Balaban J connectivity index is 2.20. The molecule has 0 bridgehead atoms. The van der Waals surface area contributed by atoms with Gasteiger partial charge in [-0.2, -0.15) is 0 Å². The zero-order chi connectivity index (χ0) is 10.4. The van der Waals surface area contributed by atoms with E-state index < -0.39 is 5.60 Å². The number of hydrogen-bond acceptors (Lipinski definition) is 2. The molecular formula is C10H18INO2. The highest BCUT2D eigenvalue weighted by molar-refractivity contribution is 14.1. The SMILES string of the molecule is CC1(C(=O)NCCCCI)CCCO1. The highest BCUT2D eigenvalue weighted by Crippen LogP contribution is 2.24. The lowest BCUT2D eigenvalue weighted by atomic mass is 10.0. The predicted octanol–water partition coefficient (Wildman–Crippen LogP) is 1.89. The van der Waals surface area contributed by atoms with E-state index in [4.69, 9.17) is 4.74 Å². The Kier molecular flexibility index (Phi) is 5.15. The zero-order valence-corrected chi connectivity index (χ0v) is 10.8. The number of nitrogens with one attached hydrogen (secondary N) is 1. The van der Waals surface area contributed by atoms with Crippen molar-refractivity contribution in [2.24, 2.45) is 0 Å². The molecule has 14 heavy (non-hydrogen) atoms. The maximum atomic E-state index is 11.7. The summed E-state index contributed by atoms with van der Waals surface area (Å²) in [5, 5.41) is 2.93. The standard InChI is InChI=1S/C10H18INO2/c1-10(5-4-8-14-10)9(13)12-7-3-2-6-11/h2-8H2,1H3,(H,12,13). The number of carbonyl (C=O) groups excluding carboxylic acids is 1. The van der Waals surface area contributed by atoms with Crippen molar-refractivity contribution >= 4 is 28.5 Å². The summed E-state index contributed by atoms with van der Waals surface area (Å²) in [5.41, 5.74) is -0.551. The third-order valence-electron chi connectivity index (χ3n) is 2.55. The van der Waals surface area contributed by atoms with E-state index in [0.717, 1.165) is 36.8 Å². The molecule has 4 heteroatoms. The molecule has 0 aromatic rings. The molecule has 1 fully saturated rings. The van der Waals surface area contributed by atoms with Crippen molar-refractivity contribution in [2.45, 2.75) is 38.2 Å². The number of carbonyl (C=O) groups is 1. The quantitative estimate of drug-likeness (QED) is 0.478. The Hall–Kier alpha value is 0.160. The molecule has 1 rings (SSSR count). The van der Waals surface area contributed by atoms with Crippen molar-refractivity contribution < 1.29 is 9.53 Å². The molecule has 0 aliphatic carbocycles. The normalized spacial score (nSPS) is 26.4. The van der Waals surface area contributed by atoms with E-state index in [1.165, 1.54) is 6.42 Å². The van der Waals surface area contributed by atoms with Crippen molar-refractivity contribution in [3.05, 3.63) is 0 Å². The Labute approximate surface area is 99.1 Å². The van der Waals surface area contributed by atoms with Gasteiger partial charge < -0.3 is 10.1 Å².